The Morgan fingerprint density at radius 1 is 1.56 bits per heavy atom. The maximum absolute atomic E-state index is 7.38. The van der Waals surface area contributed by atoms with Crippen molar-refractivity contribution in [2.75, 3.05) is 0 Å². The molecule has 9 heavy (non-hydrogen) atoms. The highest BCUT2D eigenvalue weighted by molar-refractivity contribution is 9.10. The number of hydrogen-bond donors (Lipinski definition) is 2. The molecule has 1 heterocycles. The first-order valence-corrected chi connectivity index (χ1v) is 3.39. The number of aromatic amines is 1. The first-order valence-electron chi connectivity index (χ1n) is 2.59. The third-order valence-electron chi connectivity index (χ3n) is 1.14. The van der Waals surface area contributed by atoms with Crippen molar-refractivity contribution in [3.05, 3.63) is 27.8 Å². The molecule has 3 heteroatoms. The van der Waals surface area contributed by atoms with Gasteiger partial charge in [-0.3, -0.25) is 5.41 Å². The smallest absolute Gasteiger partial charge is 0.0740 e. The van der Waals surface area contributed by atoms with Crippen LogP contribution >= 0.6 is 15.9 Å². The quantitative estimate of drug-likeness (QED) is 0.618. The third kappa shape index (κ3) is 1.21. The van der Waals surface area contributed by atoms with Crippen molar-refractivity contribution in [3.8, 4) is 0 Å². The Kier molecular flexibility index (Phi) is 1.71. The first-order chi connectivity index (χ1) is 4.22. The van der Waals surface area contributed by atoms with E-state index in [9.17, 15) is 0 Å². The van der Waals surface area contributed by atoms with E-state index < -0.39 is 0 Å². The first kappa shape index (κ1) is 6.55. The van der Waals surface area contributed by atoms with Gasteiger partial charge in [-0.2, -0.15) is 0 Å². The molecule has 48 valence electrons. The van der Waals surface area contributed by atoms with Gasteiger partial charge in [0.1, 0.15) is 0 Å². The van der Waals surface area contributed by atoms with Crippen LogP contribution in [0.2, 0.25) is 0 Å². The predicted molar refractivity (Wildman–Crippen MR) is 39.1 cm³/mol. The van der Waals surface area contributed by atoms with Crippen molar-refractivity contribution in [2.24, 2.45) is 0 Å². The molecule has 0 atom stereocenters. The number of H-pyrrole nitrogens is 1. The molecule has 0 bridgehead atoms. The lowest BCUT2D eigenvalue weighted by Crippen LogP contribution is -2.05. The van der Waals surface area contributed by atoms with Crippen LogP contribution in [0.25, 0.3) is 0 Å². The molecule has 0 aliphatic heterocycles. The minimum Gasteiger partial charge on any atom is -0.366 e. The fourth-order valence-corrected chi connectivity index (χ4v) is 1.02. The number of rotatable bonds is 0. The predicted octanol–water partition coefficient (Wildman–Crippen LogP) is 1.57. The zero-order valence-electron chi connectivity index (χ0n) is 5.03. The number of pyridine rings is 1. The maximum atomic E-state index is 7.38. The molecule has 2 nitrogen and oxygen atoms in total. The Labute approximate surface area is 61.6 Å². The largest absolute Gasteiger partial charge is 0.366 e. The molecule has 0 saturated heterocycles. The van der Waals surface area contributed by atoms with E-state index in [4.69, 9.17) is 5.41 Å². The summed E-state index contributed by atoms with van der Waals surface area (Å²) in [6.07, 6.45) is 3.54. The summed E-state index contributed by atoms with van der Waals surface area (Å²) in [5.74, 6) is 0. The molecule has 0 fully saturated rings. The topological polar surface area (TPSA) is 39.6 Å². The van der Waals surface area contributed by atoms with Gasteiger partial charge in [0, 0.05) is 12.4 Å². The van der Waals surface area contributed by atoms with Gasteiger partial charge in [-0.15, -0.1) is 0 Å². The summed E-state index contributed by atoms with van der Waals surface area (Å²) in [7, 11) is 0. The van der Waals surface area contributed by atoms with E-state index in [2.05, 4.69) is 20.9 Å². The van der Waals surface area contributed by atoms with E-state index >= 15 is 0 Å². The molecule has 0 amide bonds. The molecule has 0 aliphatic carbocycles. The minimum atomic E-state index is 0.550. The molecule has 2 N–H and O–H groups in total. The Morgan fingerprint density at radius 2 is 2.22 bits per heavy atom. The summed E-state index contributed by atoms with van der Waals surface area (Å²) in [6.45, 7) is 1.89. The molecule has 1 aromatic heterocycles. The van der Waals surface area contributed by atoms with Crippen LogP contribution in [0.1, 0.15) is 5.56 Å². The summed E-state index contributed by atoms with van der Waals surface area (Å²) >= 11 is 3.23. The zero-order chi connectivity index (χ0) is 6.85. The molecular weight excluding hydrogens is 180 g/mol. The van der Waals surface area contributed by atoms with Gasteiger partial charge in [0.25, 0.3) is 0 Å². The van der Waals surface area contributed by atoms with E-state index in [0.29, 0.717) is 5.36 Å². The standard InChI is InChI=1S/C6H7BrN2/c1-4-2-9-3-5(7)6(4)8/h2-3H,1H3,(H2,8,9). The van der Waals surface area contributed by atoms with E-state index in [1.165, 1.54) is 0 Å². The lowest BCUT2D eigenvalue weighted by Gasteiger charge is -1.92. The highest BCUT2D eigenvalue weighted by atomic mass is 79.9. The van der Waals surface area contributed by atoms with Crippen molar-refractivity contribution in [1.29, 1.82) is 5.41 Å². The summed E-state index contributed by atoms with van der Waals surface area (Å²) < 4.78 is 0.808. The second-order valence-electron chi connectivity index (χ2n) is 1.86. The van der Waals surface area contributed by atoms with Gasteiger partial charge in [-0.25, -0.2) is 0 Å². The molecular formula is C6H7BrN2. The van der Waals surface area contributed by atoms with Crippen molar-refractivity contribution in [1.82, 2.24) is 4.98 Å². The van der Waals surface area contributed by atoms with Gasteiger partial charge in [-0.1, -0.05) is 0 Å². The molecule has 0 aliphatic rings. The van der Waals surface area contributed by atoms with Crippen LogP contribution in [0.15, 0.2) is 16.9 Å². The summed E-state index contributed by atoms with van der Waals surface area (Å²) in [6, 6.07) is 0. The Balaban J connectivity index is 3.43. The van der Waals surface area contributed by atoms with Gasteiger partial charge in [0.05, 0.1) is 9.83 Å². The van der Waals surface area contributed by atoms with Crippen LogP contribution in [-0.2, 0) is 0 Å². The van der Waals surface area contributed by atoms with Crippen LogP contribution in [0.3, 0.4) is 0 Å². The van der Waals surface area contributed by atoms with Crippen molar-refractivity contribution in [2.45, 2.75) is 6.92 Å². The number of halogens is 1. The third-order valence-corrected chi connectivity index (χ3v) is 1.77. The van der Waals surface area contributed by atoms with Crippen LogP contribution in [0.4, 0.5) is 0 Å². The second kappa shape index (κ2) is 2.35. The van der Waals surface area contributed by atoms with E-state index in [1.807, 2.05) is 6.92 Å². The van der Waals surface area contributed by atoms with Crippen LogP contribution in [-0.4, -0.2) is 4.98 Å². The van der Waals surface area contributed by atoms with Gasteiger partial charge in [0.2, 0.25) is 0 Å². The van der Waals surface area contributed by atoms with Crippen LogP contribution < -0.4 is 5.36 Å². The average Bonchev–Trinajstić information content (AvgIpc) is 1.83. The van der Waals surface area contributed by atoms with Crippen molar-refractivity contribution >= 4 is 15.9 Å². The number of aromatic nitrogens is 1. The SMILES string of the molecule is Cc1c[nH]cc(Br)c1=N. The lowest BCUT2D eigenvalue weighted by atomic mass is 10.3. The Morgan fingerprint density at radius 3 is 2.67 bits per heavy atom. The van der Waals surface area contributed by atoms with E-state index in [0.717, 1.165) is 10.0 Å². The van der Waals surface area contributed by atoms with Crippen molar-refractivity contribution < 1.29 is 0 Å². The van der Waals surface area contributed by atoms with Gasteiger partial charge >= 0.3 is 0 Å². The van der Waals surface area contributed by atoms with E-state index in [-0.39, 0.29) is 0 Å². The number of hydrogen-bond acceptors (Lipinski definition) is 1. The van der Waals surface area contributed by atoms with Crippen LogP contribution in [0, 0.1) is 12.3 Å². The lowest BCUT2D eigenvalue weighted by molar-refractivity contribution is 1.13. The molecule has 0 spiro atoms. The van der Waals surface area contributed by atoms with Crippen molar-refractivity contribution in [3.63, 3.8) is 0 Å². The van der Waals surface area contributed by atoms with Crippen LogP contribution in [0.5, 0.6) is 0 Å². The Bertz CT molecular complexity index is 241. The number of nitrogens with one attached hydrogen (secondary N) is 2. The van der Waals surface area contributed by atoms with Gasteiger partial charge < -0.3 is 4.98 Å². The summed E-state index contributed by atoms with van der Waals surface area (Å²) in [4.78, 5) is 2.90. The molecule has 0 saturated carbocycles. The zero-order valence-corrected chi connectivity index (χ0v) is 6.62. The molecule has 1 rings (SSSR count). The highest BCUT2D eigenvalue weighted by Crippen LogP contribution is 1.99. The molecule has 0 unspecified atom stereocenters. The van der Waals surface area contributed by atoms with Gasteiger partial charge in [-0.05, 0) is 28.4 Å². The average molecular weight is 187 g/mol. The number of aryl methyl sites for hydroxylation is 1. The monoisotopic (exact) mass is 186 g/mol. The highest BCUT2D eigenvalue weighted by Gasteiger charge is 1.90. The fraction of sp³-hybridized carbons (Fsp3) is 0.167. The summed E-state index contributed by atoms with van der Waals surface area (Å²) in [5.41, 5.74) is 0.948. The molecule has 0 radical (unpaired) electrons. The van der Waals surface area contributed by atoms with Gasteiger partial charge in [0.15, 0.2) is 0 Å². The normalized spacial score (nSPS) is 9.56. The Hall–Kier alpha value is -0.570. The fourth-order valence-electron chi connectivity index (χ4n) is 0.573. The minimum absolute atomic E-state index is 0.550. The molecule has 0 aromatic carbocycles. The summed E-state index contributed by atoms with van der Waals surface area (Å²) in [5, 5.41) is 7.93. The van der Waals surface area contributed by atoms with E-state index in [1.54, 1.807) is 12.4 Å². The second-order valence-corrected chi connectivity index (χ2v) is 2.72. The molecule has 1 aromatic rings. The maximum Gasteiger partial charge on any atom is 0.0740 e.